The van der Waals surface area contributed by atoms with Crippen molar-refractivity contribution in [2.24, 2.45) is 5.92 Å². The first-order chi connectivity index (χ1) is 10.2. The third-order valence-electron chi connectivity index (χ3n) is 4.48. The molecule has 1 N–H and O–H groups in total. The maximum Gasteiger partial charge on any atom is 0.128 e. The normalized spacial score (nSPS) is 26.8. The zero-order valence-corrected chi connectivity index (χ0v) is 12.3. The monoisotopic (exact) mass is 286 g/mol. The molecule has 1 aromatic heterocycles. The molecule has 2 atom stereocenters. The van der Waals surface area contributed by atoms with Gasteiger partial charge in [0.25, 0.3) is 0 Å². The topological polar surface area (TPSA) is 63.4 Å². The van der Waals surface area contributed by atoms with Crippen molar-refractivity contribution in [1.29, 1.82) is 5.26 Å². The highest BCUT2D eigenvalue weighted by atomic mass is 16.3. The minimum atomic E-state index is -0.134. The lowest BCUT2D eigenvalue weighted by Crippen LogP contribution is -2.41. The highest BCUT2D eigenvalue weighted by Gasteiger charge is 2.26. The van der Waals surface area contributed by atoms with Gasteiger partial charge in [0, 0.05) is 38.9 Å². The van der Waals surface area contributed by atoms with E-state index in [4.69, 9.17) is 5.26 Å². The highest BCUT2D eigenvalue weighted by Crippen LogP contribution is 2.23. The Hall–Kier alpha value is -1.64. The number of anilines is 1. The summed E-state index contributed by atoms with van der Waals surface area (Å²) in [5, 5.41) is 18.5. The van der Waals surface area contributed by atoms with Crippen LogP contribution in [0.5, 0.6) is 0 Å². The molecule has 1 aromatic rings. The third-order valence-corrected chi connectivity index (χ3v) is 4.48. The van der Waals surface area contributed by atoms with Crippen molar-refractivity contribution < 1.29 is 5.11 Å². The molecule has 2 fully saturated rings. The number of likely N-dealkylation sites (tertiary alicyclic amines) is 1. The second kappa shape index (κ2) is 6.42. The summed E-state index contributed by atoms with van der Waals surface area (Å²) in [4.78, 5) is 9.10. The van der Waals surface area contributed by atoms with Crippen molar-refractivity contribution >= 4 is 5.82 Å². The quantitative estimate of drug-likeness (QED) is 0.905. The number of pyridine rings is 1. The summed E-state index contributed by atoms with van der Waals surface area (Å²) in [5.41, 5.74) is 0.610. The molecule has 3 rings (SSSR count). The van der Waals surface area contributed by atoms with E-state index in [2.05, 4.69) is 20.9 Å². The average molecular weight is 286 g/mol. The Morgan fingerprint density at radius 1 is 1.29 bits per heavy atom. The number of rotatable bonds is 3. The van der Waals surface area contributed by atoms with E-state index >= 15 is 0 Å². The maximum absolute atomic E-state index is 9.62. The average Bonchev–Trinajstić information content (AvgIpc) is 2.93. The largest absolute Gasteiger partial charge is 0.392 e. The van der Waals surface area contributed by atoms with Gasteiger partial charge in [0.1, 0.15) is 11.9 Å². The SMILES string of the molecule is N#Cc1ccc(N2CCC[C@H](CN3CC[C@H](O)C3)C2)nc1. The molecule has 5 heteroatoms. The Labute approximate surface area is 125 Å². The minimum Gasteiger partial charge on any atom is -0.392 e. The number of aliphatic hydroxyl groups is 1. The zero-order valence-electron chi connectivity index (χ0n) is 12.3. The minimum absolute atomic E-state index is 0.134. The molecule has 2 aliphatic rings. The molecule has 0 saturated carbocycles. The standard InChI is InChI=1S/C16H22N4O/c17-8-13-3-4-16(18-9-13)20-6-1-2-14(11-20)10-19-7-5-15(21)12-19/h3-4,9,14-15,21H,1-2,5-7,10-12H2/t14-,15+/m1/s1. The summed E-state index contributed by atoms with van der Waals surface area (Å²) in [6, 6.07) is 5.89. The number of aliphatic hydroxyl groups excluding tert-OH is 1. The molecular weight excluding hydrogens is 264 g/mol. The summed E-state index contributed by atoms with van der Waals surface area (Å²) in [6.07, 6.45) is 4.86. The molecule has 0 unspecified atom stereocenters. The molecule has 0 amide bonds. The van der Waals surface area contributed by atoms with E-state index in [-0.39, 0.29) is 6.10 Å². The predicted octanol–water partition coefficient (Wildman–Crippen LogP) is 1.24. The van der Waals surface area contributed by atoms with Gasteiger partial charge in [-0.25, -0.2) is 4.98 Å². The van der Waals surface area contributed by atoms with Crippen LogP contribution in [0.15, 0.2) is 18.3 Å². The number of aromatic nitrogens is 1. The molecule has 5 nitrogen and oxygen atoms in total. The van der Waals surface area contributed by atoms with E-state index in [1.54, 1.807) is 6.20 Å². The van der Waals surface area contributed by atoms with Gasteiger partial charge in [-0.05, 0) is 37.3 Å². The first kappa shape index (κ1) is 14.3. The van der Waals surface area contributed by atoms with Crippen LogP contribution in [0.2, 0.25) is 0 Å². The van der Waals surface area contributed by atoms with Gasteiger partial charge in [-0.1, -0.05) is 0 Å². The Kier molecular flexibility index (Phi) is 4.37. The van der Waals surface area contributed by atoms with E-state index in [1.165, 1.54) is 12.8 Å². The first-order valence-corrected chi connectivity index (χ1v) is 7.76. The number of hydrogen-bond donors (Lipinski definition) is 1. The molecule has 0 spiro atoms. The Bertz CT molecular complexity index is 510. The van der Waals surface area contributed by atoms with Crippen LogP contribution in [-0.4, -0.2) is 53.8 Å². The fourth-order valence-corrected chi connectivity index (χ4v) is 3.40. The maximum atomic E-state index is 9.62. The number of hydrogen-bond acceptors (Lipinski definition) is 5. The smallest absolute Gasteiger partial charge is 0.128 e. The van der Waals surface area contributed by atoms with Gasteiger partial charge in [0.05, 0.1) is 11.7 Å². The van der Waals surface area contributed by atoms with Crippen LogP contribution in [0.3, 0.4) is 0 Å². The predicted molar refractivity (Wildman–Crippen MR) is 81.0 cm³/mol. The van der Waals surface area contributed by atoms with Crippen molar-refractivity contribution in [1.82, 2.24) is 9.88 Å². The summed E-state index contributed by atoms with van der Waals surface area (Å²) < 4.78 is 0. The van der Waals surface area contributed by atoms with E-state index in [0.717, 1.165) is 45.0 Å². The summed E-state index contributed by atoms with van der Waals surface area (Å²) in [5.74, 6) is 1.61. The number of nitriles is 1. The van der Waals surface area contributed by atoms with E-state index in [9.17, 15) is 5.11 Å². The van der Waals surface area contributed by atoms with Crippen molar-refractivity contribution in [3.8, 4) is 6.07 Å². The van der Waals surface area contributed by atoms with Crippen molar-refractivity contribution in [3.05, 3.63) is 23.9 Å². The van der Waals surface area contributed by atoms with Gasteiger partial charge in [0.15, 0.2) is 0 Å². The van der Waals surface area contributed by atoms with Crippen LogP contribution in [0.1, 0.15) is 24.8 Å². The first-order valence-electron chi connectivity index (χ1n) is 7.76. The van der Waals surface area contributed by atoms with E-state index < -0.39 is 0 Å². The summed E-state index contributed by atoms with van der Waals surface area (Å²) >= 11 is 0. The molecule has 0 aromatic carbocycles. The van der Waals surface area contributed by atoms with Crippen LogP contribution in [0.25, 0.3) is 0 Å². The fourth-order valence-electron chi connectivity index (χ4n) is 3.40. The third kappa shape index (κ3) is 3.52. The Morgan fingerprint density at radius 2 is 2.19 bits per heavy atom. The second-order valence-electron chi connectivity index (χ2n) is 6.17. The van der Waals surface area contributed by atoms with Crippen molar-refractivity contribution in [3.63, 3.8) is 0 Å². The van der Waals surface area contributed by atoms with E-state index in [0.29, 0.717) is 11.5 Å². The summed E-state index contributed by atoms with van der Waals surface area (Å²) in [6.45, 7) is 4.98. The molecule has 0 aliphatic carbocycles. The van der Waals surface area contributed by atoms with Gasteiger partial charge >= 0.3 is 0 Å². The van der Waals surface area contributed by atoms with Gasteiger partial charge in [-0.15, -0.1) is 0 Å². The number of β-amino-alcohol motifs (C(OH)–C–C–N with tert-alkyl or cyclic N) is 1. The Balaban J connectivity index is 1.58. The molecule has 2 aliphatic heterocycles. The Morgan fingerprint density at radius 3 is 2.86 bits per heavy atom. The van der Waals surface area contributed by atoms with Crippen LogP contribution < -0.4 is 4.90 Å². The molecular formula is C16H22N4O. The summed E-state index contributed by atoms with van der Waals surface area (Å²) in [7, 11) is 0. The van der Waals surface area contributed by atoms with Crippen LogP contribution in [-0.2, 0) is 0 Å². The highest BCUT2D eigenvalue weighted by molar-refractivity contribution is 5.42. The van der Waals surface area contributed by atoms with Gasteiger partial charge < -0.3 is 14.9 Å². The molecule has 0 bridgehead atoms. The lowest BCUT2D eigenvalue weighted by atomic mass is 9.97. The molecule has 0 radical (unpaired) electrons. The van der Waals surface area contributed by atoms with Gasteiger partial charge in [-0.3, -0.25) is 0 Å². The molecule has 21 heavy (non-hydrogen) atoms. The van der Waals surface area contributed by atoms with Gasteiger partial charge in [0.2, 0.25) is 0 Å². The van der Waals surface area contributed by atoms with Crippen molar-refractivity contribution in [2.45, 2.75) is 25.4 Å². The van der Waals surface area contributed by atoms with Crippen LogP contribution in [0, 0.1) is 17.2 Å². The lowest BCUT2D eigenvalue weighted by Gasteiger charge is -2.35. The molecule has 3 heterocycles. The number of nitrogens with zero attached hydrogens (tertiary/aromatic N) is 4. The van der Waals surface area contributed by atoms with Gasteiger partial charge in [-0.2, -0.15) is 5.26 Å². The second-order valence-corrected chi connectivity index (χ2v) is 6.17. The molecule has 112 valence electrons. The fraction of sp³-hybridized carbons (Fsp3) is 0.625. The molecule has 2 saturated heterocycles. The number of piperidine rings is 1. The van der Waals surface area contributed by atoms with Crippen LogP contribution in [0.4, 0.5) is 5.82 Å². The zero-order chi connectivity index (χ0) is 14.7. The van der Waals surface area contributed by atoms with Crippen molar-refractivity contribution in [2.75, 3.05) is 37.6 Å². The lowest BCUT2D eigenvalue weighted by molar-refractivity contribution is 0.167. The van der Waals surface area contributed by atoms with E-state index in [1.807, 2.05) is 12.1 Å². The van der Waals surface area contributed by atoms with Crippen LogP contribution >= 0.6 is 0 Å².